The second-order valence-corrected chi connectivity index (χ2v) is 7.27. The van der Waals surface area contributed by atoms with Crippen molar-refractivity contribution in [1.82, 2.24) is 9.78 Å². The average Bonchev–Trinajstić information content (AvgIpc) is 3.24. The van der Waals surface area contributed by atoms with Crippen molar-refractivity contribution in [3.8, 4) is 0 Å². The molecule has 1 amide bonds. The smallest absolute Gasteiger partial charge is 0.228 e. The number of anilines is 1. The summed E-state index contributed by atoms with van der Waals surface area (Å²) in [7, 11) is 0. The summed E-state index contributed by atoms with van der Waals surface area (Å²) in [5.74, 6) is 0.260. The van der Waals surface area contributed by atoms with Crippen molar-refractivity contribution in [1.29, 1.82) is 0 Å². The van der Waals surface area contributed by atoms with Crippen molar-refractivity contribution < 1.29 is 4.79 Å². The molecule has 126 valence electrons. The molecule has 24 heavy (non-hydrogen) atoms. The fourth-order valence-electron chi connectivity index (χ4n) is 4.57. The minimum atomic E-state index is 0.0848. The maximum atomic E-state index is 12.9. The molecule has 1 heterocycles. The predicted octanol–water partition coefficient (Wildman–Crippen LogP) is 3.75. The van der Waals surface area contributed by atoms with E-state index in [2.05, 4.69) is 41.6 Å². The first-order chi connectivity index (χ1) is 11.6. The van der Waals surface area contributed by atoms with Gasteiger partial charge in [0.1, 0.15) is 0 Å². The van der Waals surface area contributed by atoms with Crippen LogP contribution in [-0.2, 0) is 23.2 Å². The molecule has 0 radical (unpaired) electrons. The number of nitrogens with one attached hydrogen (secondary N) is 1. The highest BCUT2D eigenvalue weighted by Gasteiger charge is 2.60. The molecule has 4 heteroatoms. The molecular formula is C20H25N3O. The van der Waals surface area contributed by atoms with E-state index in [1.807, 2.05) is 18.5 Å². The van der Waals surface area contributed by atoms with E-state index in [0.29, 0.717) is 0 Å². The standard InChI is InChI=1S/C20H25N3O/c1-4-23-14(3)18(13(2)22-23)21-19(24)17-12-20(17)11-7-9-15-8-5-6-10-16(15)20/h5-6,8,10,17H,4,7,9,11-12H2,1-3H3,(H,21,24)/t17-,20-/m0/s1. The topological polar surface area (TPSA) is 46.9 Å². The number of aryl methyl sites for hydroxylation is 3. The highest BCUT2D eigenvalue weighted by atomic mass is 16.2. The summed E-state index contributed by atoms with van der Waals surface area (Å²) in [5, 5.41) is 7.68. The van der Waals surface area contributed by atoms with Gasteiger partial charge in [-0.2, -0.15) is 5.10 Å². The van der Waals surface area contributed by atoms with E-state index in [1.165, 1.54) is 17.5 Å². The lowest BCUT2D eigenvalue weighted by Gasteiger charge is -2.26. The van der Waals surface area contributed by atoms with Crippen LogP contribution in [0.5, 0.6) is 0 Å². The zero-order valence-corrected chi connectivity index (χ0v) is 14.7. The molecule has 1 N–H and O–H groups in total. The van der Waals surface area contributed by atoms with Gasteiger partial charge >= 0.3 is 0 Å². The lowest BCUT2D eigenvalue weighted by Crippen LogP contribution is -2.25. The van der Waals surface area contributed by atoms with Crippen LogP contribution in [-0.4, -0.2) is 15.7 Å². The Kier molecular flexibility index (Phi) is 3.52. The van der Waals surface area contributed by atoms with Crippen LogP contribution in [0.25, 0.3) is 0 Å². The molecule has 0 saturated heterocycles. The lowest BCUT2D eigenvalue weighted by atomic mass is 9.78. The summed E-state index contributed by atoms with van der Waals surface area (Å²) in [6.45, 7) is 6.88. The van der Waals surface area contributed by atoms with Gasteiger partial charge in [-0.3, -0.25) is 9.48 Å². The summed E-state index contributed by atoms with van der Waals surface area (Å²) >= 11 is 0. The Morgan fingerprint density at radius 2 is 2.17 bits per heavy atom. The monoisotopic (exact) mass is 323 g/mol. The van der Waals surface area contributed by atoms with Gasteiger partial charge < -0.3 is 5.32 Å². The third kappa shape index (κ3) is 2.20. The van der Waals surface area contributed by atoms with E-state index in [9.17, 15) is 4.79 Å². The van der Waals surface area contributed by atoms with E-state index in [-0.39, 0.29) is 17.2 Å². The molecular weight excluding hydrogens is 298 g/mol. The predicted molar refractivity (Wildman–Crippen MR) is 95.2 cm³/mol. The van der Waals surface area contributed by atoms with Gasteiger partial charge in [0.05, 0.1) is 17.1 Å². The van der Waals surface area contributed by atoms with Gasteiger partial charge in [0.2, 0.25) is 5.91 Å². The van der Waals surface area contributed by atoms with Crippen LogP contribution in [0.3, 0.4) is 0 Å². The molecule has 1 saturated carbocycles. The number of rotatable bonds is 3. The number of aromatic nitrogens is 2. The molecule has 4 rings (SSSR count). The van der Waals surface area contributed by atoms with Crippen molar-refractivity contribution in [2.75, 3.05) is 5.32 Å². The zero-order valence-electron chi connectivity index (χ0n) is 14.7. The molecule has 1 spiro atoms. The summed E-state index contributed by atoms with van der Waals surface area (Å²) in [5.41, 5.74) is 5.78. The van der Waals surface area contributed by atoms with Crippen LogP contribution in [0.15, 0.2) is 24.3 Å². The molecule has 1 fully saturated rings. The highest BCUT2D eigenvalue weighted by molar-refractivity contribution is 5.97. The van der Waals surface area contributed by atoms with Crippen molar-refractivity contribution in [3.63, 3.8) is 0 Å². The van der Waals surface area contributed by atoms with Crippen LogP contribution in [0.2, 0.25) is 0 Å². The number of hydrogen-bond acceptors (Lipinski definition) is 2. The number of hydrogen-bond donors (Lipinski definition) is 1. The molecule has 2 aromatic rings. The van der Waals surface area contributed by atoms with Crippen LogP contribution in [0.4, 0.5) is 5.69 Å². The Morgan fingerprint density at radius 1 is 1.38 bits per heavy atom. The third-order valence-electron chi connectivity index (χ3n) is 5.94. The molecule has 0 aliphatic heterocycles. The fraction of sp³-hybridized carbons (Fsp3) is 0.500. The SMILES string of the molecule is CCn1nc(C)c(NC(=O)[C@@H]2C[C@]23CCCc2ccccc23)c1C. The van der Waals surface area contributed by atoms with Crippen LogP contribution < -0.4 is 5.32 Å². The first-order valence-corrected chi connectivity index (χ1v) is 9.00. The van der Waals surface area contributed by atoms with Crippen LogP contribution in [0, 0.1) is 19.8 Å². The normalized spacial score (nSPS) is 24.7. The van der Waals surface area contributed by atoms with Crippen molar-refractivity contribution in [3.05, 3.63) is 46.8 Å². The molecule has 0 bridgehead atoms. The van der Waals surface area contributed by atoms with Gasteiger partial charge in [0, 0.05) is 17.9 Å². The second-order valence-electron chi connectivity index (χ2n) is 7.27. The summed E-state index contributed by atoms with van der Waals surface area (Å²) in [6, 6.07) is 8.68. The minimum Gasteiger partial charge on any atom is -0.323 e. The van der Waals surface area contributed by atoms with E-state index < -0.39 is 0 Å². The Balaban J connectivity index is 1.58. The number of carbonyl (C=O) groups is 1. The van der Waals surface area contributed by atoms with Gasteiger partial charge in [0.15, 0.2) is 0 Å². The van der Waals surface area contributed by atoms with E-state index >= 15 is 0 Å². The quantitative estimate of drug-likeness (QED) is 0.935. The number of fused-ring (bicyclic) bond motifs is 2. The van der Waals surface area contributed by atoms with Gasteiger partial charge in [-0.05, 0) is 57.6 Å². The van der Waals surface area contributed by atoms with Crippen molar-refractivity contribution in [2.45, 2.75) is 58.4 Å². The van der Waals surface area contributed by atoms with Gasteiger partial charge in [-0.1, -0.05) is 24.3 Å². The molecule has 1 aromatic heterocycles. The average molecular weight is 323 g/mol. The molecule has 2 aliphatic carbocycles. The number of amides is 1. The first kappa shape index (κ1) is 15.4. The second kappa shape index (κ2) is 5.47. The molecule has 2 atom stereocenters. The Morgan fingerprint density at radius 3 is 2.92 bits per heavy atom. The van der Waals surface area contributed by atoms with Crippen molar-refractivity contribution >= 4 is 11.6 Å². The molecule has 0 unspecified atom stereocenters. The molecule has 4 nitrogen and oxygen atoms in total. The Hall–Kier alpha value is -2.10. The summed E-state index contributed by atoms with van der Waals surface area (Å²) in [6.07, 6.45) is 4.45. The Labute approximate surface area is 143 Å². The van der Waals surface area contributed by atoms with Crippen molar-refractivity contribution in [2.24, 2.45) is 5.92 Å². The van der Waals surface area contributed by atoms with Gasteiger partial charge in [-0.15, -0.1) is 0 Å². The van der Waals surface area contributed by atoms with Gasteiger partial charge in [0.25, 0.3) is 0 Å². The number of nitrogens with zero attached hydrogens (tertiary/aromatic N) is 2. The summed E-state index contributed by atoms with van der Waals surface area (Å²) in [4.78, 5) is 12.9. The third-order valence-corrected chi connectivity index (χ3v) is 5.94. The zero-order chi connectivity index (χ0) is 16.9. The minimum absolute atomic E-state index is 0.0848. The number of carbonyl (C=O) groups excluding carboxylic acids is 1. The van der Waals surface area contributed by atoms with Crippen LogP contribution >= 0.6 is 0 Å². The fourth-order valence-corrected chi connectivity index (χ4v) is 4.57. The first-order valence-electron chi connectivity index (χ1n) is 9.00. The summed E-state index contributed by atoms with van der Waals surface area (Å²) < 4.78 is 1.95. The van der Waals surface area contributed by atoms with Crippen LogP contribution in [0.1, 0.15) is 48.7 Å². The van der Waals surface area contributed by atoms with E-state index in [4.69, 9.17) is 0 Å². The maximum absolute atomic E-state index is 12.9. The Bertz CT molecular complexity index is 807. The lowest BCUT2D eigenvalue weighted by molar-refractivity contribution is -0.117. The maximum Gasteiger partial charge on any atom is 0.228 e. The number of benzene rings is 1. The molecule has 1 aromatic carbocycles. The highest BCUT2D eigenvalue weighted by Crippen LogP contribution is 2.60. The largest absolute Gasteiger partial charge is 0.323 e. The molecule has 2 aliphatic rings. The van der Waals surface area contributed by atoms with E-state index in [1.54, 1.807) is 0 Å². The van der Waals surface area contributed by atoms with E-state index in [0.717, 1.165) is 42.9 Å². The van der Waals surface area contributed by atoms with Gasteiger partial charge in [-0.25, -0.2) is 0 Å².